The van der Waals surface area contributed by atoms with Crippen LogP contribution in [0, 0.1) is 0 Å². The lowest BCUT2D eigenvalue weighted by atomic mass is 10.1. The fourth-order valence-corrected chi connectivity index (χ4v) is 1.55. The predicted molar refractivity (Wildman–Crippen MR) is 69.5 cm³/mol. The number of aliphatic hydroxyl groups excluding tert-OH is 2. The van der Waals surface area contributed by atoms with E-state index in [1.165, 1.54) is 14.0 Å². The first-order valence-electron chi connectivity index (χ1n) is 5.86. The van der Waals surface area contributed by atoms with Gasteiger partial charge in [0.1, 0.15) is 6.10 Å². The number of aliphatic hydroxyl groups is 2. The molecule has 0 aliphatic carbocycles. The second kappa shape index (κ2) is 6.91. The average molecular weight is 269 g/mol. The molecule has 0 radical (unpaired) electrons. The molecule has 7 heteroatoms. The Morgan fingerprint density at radius 2 is 2.21 bits per heavy atom. The van der Waals surface area contributed by atoms with E-state index >= 15 is 0 Å². The summed E-state index contributed by atoms with van der Waals surface area (Å²) in [6.07, 6.45) is -2.11. The number of carbonyl (C=O) groups is 1. The molecular formula is C12H19N3O4. The number of hydrogen-bond acceptors (Lipinski definition) is 6. The van der Waals surface area contributed by atoms with Gasteiger partial charge in [-0.1, -0.05) is 0 Å². The number of nitrogen functional groups attached to an aromatic ring is 1. The molecule has 0 aliphatic heterocycles. The van der Waals surface area contributed by atoms with Gasteiger partial charge in [-0.25, -0.2) is 4.98 Å². The number of ether oxygens (including phenoxy) is 1. The summed E-state index contributed by atoms with van der Waals surface area (Å²) in [5, 5.41) is 22.4. The van der Waals surface area contributed by atoms with Crippen LogP contribution < -0.4 is 15.8 Å². The lowest BCUT2D eigenvalue weighted by molar-refractivity contribution is -0.119. The van der Waals surface area contributed by atoms with E-state index in [2.05, 4.69) is 10.3 Å². The molecule has 7 nitrogen and oxygen atoms in total. The standard InChI is InChI=1S/C12H19N3O4/c1-7(16)14-6-5-9(17)12(18)11-8(13)3-4-10(15-11)19-2/h3-4,9,12,17-18H,5-6,13H2,1-2H3,(H,14,16). The molecule has 0 spiro atoms. The van der Waals surface area contributed by atoms with Gasteiger partial charge in [-0.15, -0.1) is 0 Å². The maximum Gasteiger partial charge on any atom is 0.216 e. The molecule has 1 aromatic rings. The molecule has 2 unspecified atom stereocenters. The fourth-order valence-electron chi connectivity index (χ4n) is 1.55. The van der Waals surface area contributed by atoms with Crippen LogP contribution in [0.3, 0.4) is 0 Å². The van der Waals surface area contributed by atoms with Crippen molar-refractivity contribution >= 4 is 11.6 Å². The molecule has 1 heterocycles. The minimum absolute atomic E-state index is 0.162. The van der Waals surface area contributed by atoms with Gasteiger partial charge in [-0.05, 0) is 12.5 Å². The zero-order valence-corrected chi connectivity index (χ0v) is 11.0. The maximum absolute atomic E-state index is 10.7. The van der Waals surface area contributed by atoms with E-state index < -0.39 is 12.2 Å². The highest BCUT2D eigenvalue weighted by molar-refractivity contribution is 5.72. The lowest BCUT2D eigenvalue weighted by Gasteiger charge is -2.19. The highest BCUT2D eigenvalue weighted by atomic mass is 16.5. The van der Waals surface area contributed by atoms with E-state index in [4.69, 9.17) is 10.5 Å². The van der Waals surface area contributed by atoms with Gasteiger partial charge in [0.05, 0.1) is 24.6 Å². The van der Waals surface area contributed by atoms with Crippen LogP contribution in [-0.4, -0.2) is 40.9 Å². The Kier molecular flexibility index (Phi) is 5.53. The van der Waals surface area contributed by atoms with Gasteiger partial charge in [-0.2, -0.15) is 0 Å². The smallest absolute Gasteiger partial charge is 0.216 e. The first-order chi connectivity index (χ1) is 8.95. The van der Waals surface area contributed by atoms with Crippen LogP contribution in [0.2, 0.25) is 0 Å². The minimum Gasteiger partial charge on any atom is -0.481 e. The van der Waals surface area contributed by atoms with Gasteiger partial charge in [0.2, 0.25) is 11.8 Å². The number of rotatable bonds is 6. The molecule has 0 saturated heterocycles. The van der Waals surface area contributed by atoms with E-state index in [1.807, 2.05) is 0 Å². The SMILES string of the molecule is COc1ccc(N)c(C(O)C(O)CCNC(C)=O)n1. The summed E-state index contributed by atoms with van der Waals surface area (Å²) in [7, 11) is 1.45. The Morgan fingerprint density at radius 1 is 1.53 bits per heavy atom. The number of pyridine rings is 1. The summed E-state index contributed by atoms with van der Waals surface area (Å²) in [4.78, 5) is 14.7. The Hall–Kier alpha value is -1.86. The number of amides is 1. The number of methoxy groups -OCH3 is 1. The van der Waals surface area contributed by atoms with Gasteiger partial charge in [0.25, 0.3) is 0 Å². The van der Waals surface area contributed by atoms with Gasteiger partial charge in [0.15, 0.2) is 0 Å². The molecular weight excluding hydrogens is 250 g/mol. The Balaban J connectivity index is 2.70. The summed E-state index contributed by atoms with van der Waals surface area (Å²) < 4.78 is 4.94. The van der Waals surface area contributed by atoms with Gasteiger partial charge in [-0.3, -0.25) is 4.79 Å². The number of nitrogens with one attached hydrogen (secondary N) is 1. The van der Waals surface area contributed by atoms with Crippen molar-refractivity contribution in [3.63, 3.8) is 0 Å². The molecule has 0 bridgehead atoms. The zero-order chi connectivity index (χ0) is 14.4. The van der Waals surface area contributed by atoms with E-state index in [1.54, 1.807) is 12.1 Å². The lowest BCUT2D eigenvalue weighted by Crippen LogP contribution is -2.28. The number of nitrogens with two attached hydrogens (primary N) is 1. The fraction of sp³-hybridized carbons (Fsp3) is 0.500. The maximum atomic E-state index is 10.7. The number of hydrogen-bond donors (Lipinski definition) is 4. The van der Waals surface area contributed by atoms with Crippen molar-refractivity contribution in [3.05, 3.63) is 17.8 Å². The highest BCUT2D eigenvalue weighted by Gasteiger charge is 2.22. The van der Waals surface area contributed by atoms with E-state index in [0.29, 0.717) is 5.88 Å². The molecule has 0 aromatic carbocycles. The van der Waals surface area contributed by atoms with Crippen molar-refractivity contribution in [2.24, 2.45) is 0 Å². The topological polar surface area (TPSA) is 118 Å². The van der Waals surface area contributed by atoms with Crippen LogP contribution in [0.15, 0.2) is 12.1 Å². The molecule has 1 rings (SSSR count). The van der Waals surface area contributed by atoms with Crippen LogP contribution in [0.4, 0.5) is 5.69 Å². The van der Waals surface area contributed by atoms with Gasteiger partial charge >= 0.3 is 0 Å². The molecule has 1 amide bonds. The number of nitrogens with zero attached hydrogens (tertiary/aromatic N) is 1. The normalized spacial score (nSPS) is 13.7. The number of anilines is 1. The summed E-state index contributed by atoms with van der Waals surface area (Å²) in [5.41, 5.74) is 6.13. The number of carbonyl (C=O) groups excluding carboxylic acids is 1. The Bertz CT molecular complexity index is 439. The third-order valence-electron chi connectivity index (χ3n) is 2.60. The van der Waals surface area contributed by atoms with Crippen molar-refractivity contribution in [3.8, 4) is 5.88 Å². The molecule has 19 heavy (non-hydrogen) atoms. The van der Waals surface area contributed by atoms with Crippen molar-refractivity contribution in [2.45, 2.75) is 25.6 Å². The van der Waals surface area contributed by atoms with Crippen LogP contribution in [0.5, 0.6) is 5.88 Å². The monoisotopic (exact) mass is 269 g/mol. The first kappa shape index (κ1) is 15.2. The van der Waals surface area contributed by atoms with Crippen LogP contribution >= 0.6 is 0 Å². The molecule has 0 aliphatic rings. The second-order valence-corrected chi connectivity index (χ2v) is 4.11. The van der Waals surface area contributed by atoms with E-state index in [0.717, 1.165) is 0 Å². The van der Waals surface area contributed by atoms with Crippen molar-refractivity contribution in [1.82, 2.24) is 10.3 Å². The van der Waals surface area contributed by atoms with Gasteiger partial charge < -0.3 is 26.0 Å². The van der Waals surface area contributed by atoms with Gasteiger partial charge in [0, 0.05) is 19.5 Å². The Labute approximate surface area is 111 Å². The summed E-state index contributed by atoms with van der Waals surface area (Å²) in [6, 6.07) is 3.11. The number of aromatic nitrogens is 1. The zero-order valence-electron chi connectivity index (χ0n) is 11.0. The quantitative estimate of drug-likeness (QED) is 0.558. The Morgan fingerprint density at radius 3 is 2.79 bits per heavy atom. The highest BCUT2D eigenvalue weighted by Crippen LogP contribution is 2.24. The molecule has 0 saturated carbocycles. The third-order valence-corrected chi connectivity index (χ3v) is 2.60. The molecule has 0 fully saturated rings. The van der Waals surface area contributed by atoms with Crippen LogP contribution in [0.25, 0.3) is 0 Å². The average Bonchev–Trinajstić information content (AvgIpc) is 2.38. The molecule has 106 valence electrons. The second-order valence-electron chi connectivity index (χ2n) is 4.11. The van der Waals surface area contributed by atoms with Crippen molar-refractivity contribution in [2.75, 3.05) is 19.4 Å². The third kappa shape index (κ3) is 4.38. The van der Waals surface area contributed by atoms with E-state index in [9.17, 15) is 15.0 Å². The first-order valence-corrected chi connectivity index (χ1v) is 5.86. The minimum atomic E-state index is -1.23. The summed E-state index contributed by atoms with van der Waals surface area (Å²) in [5.74, 6) is 0.109. The van der Waals surface area contributed by atoms with Crippen LogP contribution in [0.1, 0.15) is 25.1 Å². The van der Waals surface area contributed by atoms with Crippen LogP contribution in [-0.2, 0) is 4.79 Å². The van der Waals surface area contributed by atoms with Crippen molar-refractivity contribution < 1.29 is 19.7 Å². The molecule has 5 N–H and O–H groups in total. The molecule has 1 aromatic heterocycles. The summed E-state index contributed by atoms with van der Waals surface area (Å²) in [6.45, 7) is 1.64. The van der Waals surface area contributed by atoms with E-state index in [-0.39, 0.29) is 30.3 Å². The van der Waals surface area contributed by atoms with Crippen molar-refractivity contribution in [1.29, 1.82) is 0 Å². The molecule has 2 atom stereocenters. The largest absolute Gasteiger partial charge is 0.481 e. The predicted octanol–water partition coefficient (Wildman–Crippen LogP) is -0.407. The summed E-state index contributed by atoms with van der Waals surface area (Å²) >= 11 is 0.